The molecule has 0 spiro atoms. The van der Waals surface area contributed by atoms with Crippen molar-refractivity contribution < 1.29 is 14.0 Å². The van der Waals surface area contributed by atoms with Crippen molar-refractivity contribution in [2.45, 2.75) is 85.0 Å². The predicted octanol–water partition coefficient (Wildman–Crippen LogP) is 5.69. The van der Waals surface area contributed by atoms with Gasteiger partial charge in [-0.3, -0.25) is 0 Å². The number of carbonyl (C=O) groups excluding carboxylic acids is 1. The molecule has 1 aromatic carbocycles. The number of hydrogen-bond donors (Lipinski definition) is 0. The lowest BCUT2D eigenvalue weighted by molar-refractivity contribution is 0.0262. The van der Waals surface area contributed by atoms with Gasteiger partial charge in [-0.15, -0.1) is 0 Å². The van der Waals surface area contributed by atoms with Crippen molar-refractivity contribution in [3.63, 3.8) is 0 Å². The Hall–Kier alpha value is -1.04. The van der Waals surface area contributed by atoms with E-state index in [2.05, 4.69) is 40.7 Å². The highest BCUT2D eigenvalue weighted by molar-refractivity contribution is 6.32. The minimum Gasteiger partial charge on any atom is -0.444 e. The van der Waals surface area contributed by atoms with Gasteiger partial charge >= 0.3 is 6.09 Å². The highest BCUT2D eigenvalue weighted by atomic mass is 35.5. The molecule has 0 atom stereocenters. The molecule has 160 valence electrons. The maximum atomic E-state index is 12.3. The number of likely N-dealkylation sites (N-methyl/N-ethyl adjacent to an activating group) is 1. The van der Waals surface area contributed by atoms with Crippen molar-refractivity contribution in [1.29, 1.82) is 0 Å². The fourth-order valence-electron chi connectivity index (χ4n) is 2.63. The topological polar surface area (TPSA) is 38.8 Å². The molecule has 1 aromatic rings. The van der Waals surface area contributed by atoms with E-state index in [1.807, 2.05) is 39.8 Å². The summed E-state index contributed by atoms with van der Waals surface area (Å²) in [4.78, 5) is 14.1. The molecule has 0 unspecified atom stereocenters. The van der Waals surface area contributed by atoms with E-state index in [4.69, 9.17) is 20.8 Å². The molecule has 1 rings (SSSR count). The van der Waals surface area contributed by atoms with Gasteiger partial charge in [-0.05, 0) is 64.6 Å². The van der Waals surface area contributed by atoms with Crippen molar-refractivity contribution in [3.05, 3.63) is 34.3 Å². The van der Waals surface area contributed by atoms with E-state index in [-0.39, 0.29) is 11.1 Å². The zero-order valence-electron chi connectivity index (χ0n) is 19.1. The summed E-state index contributed by atoms with van der Waals surface area (Å²) in [5.74, 6) is 0. The van der Waals surface area contributed by atoms with Crippen LogP contribution in [0.25, 0.3) is 0 Å². The minimum atomic E-state index is -0.710. The van der Waals surface area contributed by atoms with E-state index in [1.54, 1.807) is 4.90 Å². The third-order valence-corrected chi connectivity index (χ3v) is 6.31. The molecule has 28 heavy (non-hydrogen) atoms. The van der Waals surface area contributed by atoms with Crippen LogP contribution >= 0.6 is 11.6 Å². The highest BCUT2D eigenvalue weighted by Gasteiger charge is 2.27. The van der Waals surface area contributed by atoms with E-state index in [0.29, 0.717) is 13.1 Å². The van der Waals surface area contributed by atoms with Gasteiger partial charge in [0.25, 0.3) is 0 Å². The molecule has 0 saturated heterocycles. The quantitative estimate of drug-likeness (QED) is 0.524. The SMILES string of the molecule is CCN(CCc1ccc(Cl)c(C(C)(C)O[SiH2]C(C)(C)C)c1)C(=O)OC(C)(C)C. The molecule has 0 aromatic heterocycles. The Labute approximate surface area is 178 Å². The van der Waals surface area contributed by atoms with Gasteiger partial charge in [-0.1, -0.05) is 44.5 Å². The van der Waals surface area contributed by atoms with Crippen LogP contribution in [0.1, 0.15) is 73.4 Å². The second kappa shape index (κ2) is 9.64. The van der Waals surface area contributed by atoms with E-state index in [1.165, 1.54) is 0 Å². The average Bonchev–Trinajstić information content (AvgIpc) is 2.52. The fourth-order valence-corrected chi connectivity index (χ4v) is 3.93. The Bertz CT molecular complexity index is 663. The van der Waals surface area contributed by atoms with E-state index < -0.39 is 21.0 Å². The lowest BCUT2D eigenvalue weighted by atomic mass is 9.95. The number of benzene rings is 1. The van der Waals surface area contributed by atoms with Crippen LogP contribution < -0.4 is 0 Å². The zero-order valence-corrected chi connectivity index (χ0v) is 21.3. The van der Waals surface area contributed by atoms with Gasteiger partial charge in [0.05, 0.1) is 5.60 Å². The second-order valence-electron chi connectivity index (χ2n) is 9.98. The summed E-state index contributed by atoms with van der Waals surface area (Å²) in [6.45, 7) is 19.6. The Morgan fingerprint density at radius 1 is 1.11 bits per heavy atom. The number of amides is 1. The lowest BCUT2D eigenvalue weighted by Gasteiger charge is -2.31. The van der Waals surface area contributed by atoms with Gasteiger partial charge in [-0.25, -0.2) is 4.79 Å². The van der Waals surface area contributed by atoms with Gasteiger partial charge < -0.3 is 14.1 Å². The normalized spacial score (nSPS) is 13.2. The molecule has 0 radical (unpaired) electrons. The van der Waals surface area contributed by atoms with Gasteiger partial charge in [-0.2, -0.15) is 0 Å². The van der Waals surface area contributed by atoms with Crippen LogP contribution in [0.3, 0.4) is 0 Å². The summed E-state index contributed by atoms with van der Waals surface area (Å²) >= 11 is 6.49. The predicted molar refractivity (Wildman–Crippen MR) is 121 cm³/mol. The van der Waals surface area contributed by atoms with Crippen molar-refractivity contribution in [3.8, 4) is 0 Å². The van der Waals surface area contributed by atoms with Crippen LogP contribution in [0, 0.1) is 0 Å². The lowest BCUT2D eigenvalue weighted by Crippen LogP contribution is -2.37. The number of carbonyl (C=O) groups is 1. The van der Waals surface area contributed by atoms with Crippen molar-refractivity contribution >= 4 is 27.5 Å². The Kier molecular flexibility index (Phi) is 8.60. The molecule has 0 aliphatic carbocycles. The molecule has 4 nitrogen and oxygen atoms in total. The standard InChI is InChI=1S/C22H38ClNO3Si/c1-10-24(19(25)26-20(2,3)4)14-13-16-11-12-18(23)17(15-16)22(8,9)27-28-21(5,6)7/h11-12,15H,10,13-14,28H2,1-9H3. The first-order valence-corrected chi connectivity index (χ1v) is 11.7. The molecule has 0 aliphatic rings. The minimum absolute atomic E-state index is 0.219. The van der Waals surface area contributed by atoms with Crippen molar-refractivity contribution in [2.75, 3.05) is 13.1 Å². The number of ether oxygens (including phenoxy) is 1. The maximum absolute atomic E-state index is 12.3. The summed E-state index contributed by atoms with van der Waals surface area (Å²) in [5.41, 5.74) is 1.22. The summed E-state index contributed by atoms with van der Waals surface area (Å²) in [7, 11) is -0.710. The van der Waals surface area contributed by atoms with Crippen LogP contribution in [0.5, 0.6) is 0 Å². The number of hydrogen-bond acceptors (Lipinski definition) is 3. The number of halogens is 1. The number of nitrogens with zero attached hydrogens (tertiary/aromatic N) is 1. The van der Waals surface area contributed by atoms with Crippen molar-refractivity contribution in [2.24, 2.45) is 0 Å². The molecule has 0 bridgehead atoms. The van der Waals surface area contributed by atoms with Crippen LogP contribution in [-0.2, 0) is 21.2 Å². The first kappa shape index (κ1) is 25.0. The molecule has 0 heterocycles. The highest BCUT2D eigenvalue weighted by Crippen LogP contribution is 2.34. The van der Waals surface area contributed by atoms with Gasteiger partial charge in [0.15, 0.2) is 9.76 Å². The summed E-state index contributed by atoms with van der Waals surface area (Å²) in [6.07, 6.45) is 0.466. The maximum Gasteiger partial charge on any atom is 0.410 e. The Balaban J connectivity index is 2.88. The van der Waals surface area contributed by atoms with Crippen LogP contribution in [0.4, 0.5) is 4.79 Å². The molecular weight excluding hydrogens is 390 g/mol. The third kappa shape index (κ3) is 8.54. The van der Waals surface area contributed by atoms with Crippen molar-refractivity contribution in [1.82, 2.24) is 4.90 Å². The molecule has 0 saturated carbocycles. The van der Waals surface area contributed by atoms with Crippen LogP contribution in [0.15, 0.2) is 18.2 Å². The molecule has 0 aliphatic heterocycles. The average molecular weight is 428 g/mol. The Morgan fingerprint density at radius 3 is 2.21 bits per heavy atom. The molecule has 0 N–H and O–H groups in total. The smallest absolute Gasteiger partial charge is 0.410 e. The fraction of sp³-hybridized carbons (Fsp3) is 0.682. The third-order valence-electron chi connectivity index (χ3n) is 4.25. The van der Waals surface area contributed by atoms with Gasteiger partial charge in [0, 0.05) is 23.7 Å². The largest absolute Gasteiger partial charge is 0.444 e. The van der Waals surface area contributed by atoms with Gasteiger partial charge in [0.2, 0.25) is 0 Å². The summed E-state index contributed by atoms with van der Waals surface area (Å²) in [6, 6.07) is 6.06. The van der Waals surface area contributed by atoms with Crippen LogP contribution in [-0.4, -0.2) is 39.4 Å². The van der Waals surface area contributed by atoms with Gasteiger partial charge in [0.1, 0.15) is 5.60 Å². The molecule has 6 heteroatoms. The second-order valence-corrected chi connectivity index (χ2v) is 13.1. The number of rotatable bonds is 7. The summed E-state index contributed by atoms with van der Waals surface area (Å²) in [5, 5.41) is 0.937. The van der Waals surface area contributed by atoms with E-state index >= 15 is 0 Å². The van der Waals surface area contributed by atoms with Crippen LogP contribution in [0.2, 0.25) is 10.1 Å². The molecule has 0 fully saturated rings. The summed E-state index contributed by atoms with van der Waals surface area (Å²) < 4.78 is 11.8. The molecule has 1 amide bonds. The zero-order chi connectivity index (χ0) is 21.8. The first-order valence-electron chi connectivity index (χ1n) is 10.1. The van der Waals surface area contributed by atoms with E-state index in [0.717, 1.165) is 22.6 Å². The van der Waals surface area contributed by atoms with E-state index in [9.17, 15) is 4.79 Å². The molecular formula is C22H38ClNO3Si. The first-order chi connectivity index (χ1) is 12.6. The Morgan fingerprint density at radius 2 is 1.71 bits per heavy atom. The monoisotopic (exact) mass is 427 g/mol.